The molecule has 0 saturated carbocycles. The molecule has 88 valence electrons. The van der Waals surface area contributed by atoms with E-state index in [9.17, 15) is 0 Å². The lowest BCUT2D eigenvalue weighted by molar-refractivity contribution is 0.122. The van der Waals surface area contributed by atoms with Gasteiger partial charge in [0.2, 0.25) is 0 Å². The summed E-state index contributed by atoms with van der Waals surface area (Å²) in [6.45, 7) is 3.38. The molecule has 0 N–H and O–H groups in total. The van der Waals surface area contributed by atoms with Gasteiger partial charge in [-0.1, -0.05) is 23.7 Å². The van der Waals surface area contributed by atoms with Crippen molar-refractivity contribution in [3.05, 3.63) is 35.9 Å². The minimum atomic E-state index is 0.473. The van der Waals surface area contributed by atoms with E-state index in [1.54, 1.807) is 0 Å². The van der Waals surface area contributed by atoms with Crippen molar-refractivity contribution in [2.45, 2.75) is 0 Å². The molecule has 1 aromatic carbocycles. The molecule has 0 spiro atoms. The van der Waals surface area contributed by atoms with Crippen LogP contribution in [0.25, 0.3) is 5.03 Å². The largest absolute Gasteiger partial charge is 0.378 e. The molecule has 0 aliphatic carbocycles. The summed E-state index contributed by atoms with van der Waals surface area (Å²) in [6.07, 6.45) is 1.34. The van der Waals surface area contributed by atoms with Gasteiger partial charge in [-0.15, -0.1) is 0 Å². The summed E-state index contributed by atoms with van der Waals surface area (Å²) in [6, 6.07) is 9.83. The highest BCUT2D eigenvalue weighted by Gasteiger charge is 2.10. The van der Waals surface area contributed by atoms with Crippen LogP contribution in [0.1, 0.15) is 5.56 Å². The fourth-order valence-corrected chi connectivity index (χ4v) is 1.97. The number of hydrogen-bond donors (Lipinski definition) is 0. The van der Waals surface area contributed by atoms with Crippen molar-refractivity contribution in [3.8, 4) is 6.07 Å². The number of morpholine rings is 1. The predicted molar refractivity (Wildman–Crippen MR) is 68.9 cm³/mol. The molecule has 1 heterocycles. The summed E-state index contributed by atoms with van der Waals surface area (Å²) >= 11 is 5.95. The Hall–Kier alpha value is -1.50. The summed E-state index contributed by atoms with van der Waals surface area (Å²) in [7, 11) is 0. The number of halogens is 1. The molecule has 0 unspecified atom stereocenters. The summed E-state index contributed by atoms with van der Waals surface area (Å²) in [5.74, 6) is 0. The zero-order valence-corrected chi connectivity index (χ0v) is 10.2. The monoisotopic (exact) mass is 248 g/mol. The Balaban J connectivity index is 2.12. The van der Waals surface area contributed by atoms with Gasteiger partial charge >= 0.3 is 0 Å². The first-order chi connectivity index (χ1) is 8.31. The highest BCUT2D eigenvalue weighted by Crippen LogP contribution is 2.22. The Bertz CT molecular complexity index is 441. The van der Waals surface area contributed by atoms with E-state index in [-0.39, 0.29) is 0 Å². The van der Waals surface area contributed by atoms with Gasteiger partial charge in [-0.3, -0.25) is 0 Å². The molecule has 0 atom stereocenters. The molecule has 4 heteroatoms. The van der Waals surface area contributed by atoms with Crippen molar-refractivity contribution in [2.24, 2.45) is 0 Å². The number of benzene rings is 1. The molecule has 2 rings (SSSR count). The van der Waals surface area contributed by atoms with Gasteiger partial charge < -0.3 is 9.64 Å². The fraction of sp³-hybridized carbons (Fsp3) is 0.308. The quantitative estimate of drug-likeness (QED) is 0.755. The van der Waals surface area contributed by atoms with Gasteiger partial charge in [0.05, 0.1) is 24.3 Å². The van der Waals surface area contributed by atoms with Crippen LogP contribution in [0.3, 0.4) is 0 Å². The Morgan fingerprint density at radius 1 is 1.29 bits per heavy atom. The lowest BCUT2D eigenvalue weighted by atomic mass is 10.1. The first kappa shape index (κ1) is 12.0. The summed E-state index contributed by atoms with van der Waals surface area (Å²) in [4.78, 5) is 2.27. The van der Waals surface area contributed by atoms with E-state index in [1.807, 2.05) is 30.3 Å². The van der Waals surface area contributed by atoms with E-state index in [4.69, 9.17) is 21.6 Å². The molecule has 0 aromatic heterocycles. The lowest BCUT2D eigenvalue weighted by Crippen LogP contribution is -2.36. The second-order valence-corrected chi connectivity index (χ2v) is 4.17. The number of ether oxygens (including phenoxy) is 1. The topological polar surface area (TPSA) is 36.3 Å². The molecule has 0 radical (unpaired) electrons. The van der Waals surface area contributed by atoms with Gasteiger partial charge in [0.1, 0.15) is 0 Å². The molecular weight excluding hydrogens is 236 g/mol. The number of nitrogens with zero attached hydrogens (tertiary/aromatic N) is 2. The van der Waals surface area contributed by atoms with Crippen LogP contribution >= 0.6 is 11.6 Å². The number of anilines is 1. The second-order valence-electron chi connectivity index (χ2n) is 3.77. The minimum absolute atomic E-state index is 0.473. The summed E-state index contributed by atoms with van der Waals surface area (Å²) < 4.78 is 5.31. The number of allylic oxidation sites excluding steroid dienone is 1. The van der Waals surface area contributed by atoms with Crippen molar-refractivity contribution < 1.29 is 4.74 Å². The third-order valence-corrected chi connectivity index (χ3v) is 3.04. The Morgan fingerprint density at radius 2 is 1.94 bits per heavy atom. The molecule has 0 amide bonds. The Morgan fingerprint density at radius 3 is 2.53 bits per heavy atom. The van der Waals surface area contributed by atoms with Crippen molar-refractivity contribution in [1.82, 2.24) is 0 Å². The van der Waals surface area contributed by atoms with Crippen LogP contribution in [0, 0.1) is 11.3 Å². The van der Waals surface area contributed by atoms with Crippen LogP contribution in [0.5, 0.6) is 0 Å². The first-order valence-electron chi connectivity index (χ1n) is 5.49. The molecule has 1 aromatic rings. The Kier molecular flexibility index (Phi) is 4.03. The third-order valence-electron chi connectivity index (χ3n) is 2.71. The second kappa shape index (κ2) is 5.72. The van der Waals surface area contributed by atoms with Crippen molar-refractivity contribution >= 4 is 22.3 Å². The standard InChI is InChI=1S/C13H13ClN2O/c14-13(5-6-15)11-1-3-12(4-2-11)16-7-9-17-10-8-16/h1-5H,7-10H2/b13-5-. The number of rotatable bonds is 2. The molecule has 1 aliphatic rings. The van der Waals surface area contributed by atoms with Crippen molar-refractivity contribution in [3.63, 3.8) is 0 Å². The maximum Gasteiger partial charge on any atom is 0.0927 e. The van der Waals surface area contributed by atoms with E-state index >= 15 is 0 Å². The number of nitriles is 1. The molecule has 1 fully saturated rings. The van der Waals surface area contributed by atoms with Gasteiger partial charge in [-0.2, -0.15) is 5.26 Å². The van der Waals surface area contributed by atoms with Gasteiger partial charge in [0.25, 0.3) is 0 Å². The zero-order chi connectivity index (χ0) is 12.1. The van der Waals surface area contributed by atoms with E-state index in [0.717, 1.165) is 31.9 Å². The van der Waals surface area contributed by atoms with Gasteiger partial charge in [-0.05, 0) is 17.7 Å². The van der Waals surface area contributed by atoms with Crippen LogP contribution < -0.4 is 4.90 Å². The van der Waals surface area contributed by atoms with Crippen LogP contribution in [-0.4, -0.2) is 26.3 Å². The van der Waals surface area contributed by atoms with E-state index < -0.39 is 0 Å². The smallest absolute Gasteiger partial charge is 0.0927 e. The summed E-state index contributed by atoms with van der Waals surface area (Å²) in [5, 5.41) is 9.00. The van der Waals surface area contributed by atoms with E-state index in [0.29, 0.717) is 5.03 Å². The molecule has 0 bridgehead atoms. The molecule has 1 saturated heterocycles. The van der Waals surface area contributed by atoms with Crippen LogP contribution in [0.2, 0.25) is 0 Å². The third kappa shape index (κ3) is 3.00. The van der Waals surface area contributed by atoms with Crippen LogP contribution in [0.15, 0.2) is 30.3 Å². The average Bonchev–Trinajstić information content (AvgIpc) is 2.40. The maximum atomic E-state index is 8.52. The summed E-state index contributed by atoms with van der Waals surface area (Å²) in [5.41, 5.74) is 2.03. The van der Waals surface area contributed by atoms with Crippen LogP contribution in [0.4, 0.5) is 5.69 Å². The van der Waals surface area contributed by atoms with Crippen LogP contribution in [-0.2, 0) is 4.74 Å². The molecule has 1 aliphatic heterocycles. The molecular formula is C13H13ClN2O. The van der Waals surface area contributed by atoms with Crippen molar-refractivity contribution in [2.75, 3.05) is 31.2 Å². The Labute approximate surface area is 106 Å². The average molecular weight is 249 g/mol. The highest BCUT2D eigenvalue weighted by atomic mass is 35.5. The predicted octanol–water partition coefficient (Wildman–Crippen LogP) is 2.63. The van der Waals surface area contributed by atoms with Gasteiger partial charge in [0, 0.05) is 24.9 Å². The van der Waals surface area contributed by atoms with E-state index in [2.05, 4.69) is 4.90 Å². The first-order valence-corrected chi connectivity index (χ1v) is 5.87. The normalized spacial score (nSPS) is 16.7. The highest BCUT2D eigenvalue weighted by molar-refractivity contribution is 6.49. The molecule has 3 nitrogen and oxygen atoms in total. The number of hydrogen-bond acceptors (Lipinski definition) is 3. The SMILES string of the molecule is N#C/C=C(\Cl)c1ccc(N2CCOCC2)cc1. The van der Waals surface area contributed by atoms with Gasteiger partial charge in [-0.25, -0.2) is 0 Å². The lowest BCUT2D eigenvalue weighted by Gasteiger charge is -2.28. The molecule has 17 heavy (non-hydrogen) atoms. The maximum absolute atomic E-state index is 8.52. The van der Waals surface area contributed by atoms with Crippen molar-refractivity contribution in [1.29, 1.82) is 5.26 Å². The minimum Gasteiger partial charge on any atom is -0.378 e. The van der Waals surface area contributed by atoms with E-state index in [1.165, 1.54) is 11.8 Å². The van der Waals surface area contributed by atoms with Gasteiger partial charge in [0.15, 0.2) is 0 Å². The zero-order valence-electron chi connectivity index (χ0n) is 9.40. The fourth-order valence-electron chi connectivity index (χ4n) is 1.79.